The molecule has 2 aliphatic rings. The number of aromatic nitrogens is 1. The van der Waals surface area contributed by atoms with Crippen LogP contribution in [0.4, 0.5) is 0 Å². The number of rotatable bonds is 7. The lowest BCUT2D eigenvalue weighted by Gasteiger charge is -2.35. The minimum atomic E-state index is -3.66. The van der Waals surface area contributed by atoms with Crippen LogP contribution in [0.5, 0.6) is 0 Å². The van der Waals surface area contributed by atoms with Crippen molar-refractivity contribution in [1.82, 2.24) is 19.3 Å². The Bertz CT molecular complexity index is 939. The van der Waals surface area contributed by atoms with Gasteiger partial charge in [-0.05, 0) is 49.1 Å². The fourth-order valence-corrected chi connectivity index (χ4v) is 6.17. The molecule has 1 saturated heterocycles. The largest absolute Gasteiger partial charge is 0.360 e. The van der Waals surface area contributed by atoms with Crippen molar-refractivity contribution in [3.63, 3.8) is 0 Å². The molecule has 1 aliphatic heterocycles. The summed E-state index contributed by atoms with van der Waals surface area (Å²) in [5.74, 6) is 0.371. The van der Waals surface area contributed by atoms with Crippen molar-refractivity contribution in [2.24, 2.45) is 0 Å². The number of thiophene rings is 1. The zero-order valence-electron chi connectivity index (χ0n) is 16.7. The summed E-state index contributed by atoms with van der Waals surface area (Å²) in [6.07, 6.45) is 2.28. The van der Waals surface area contributed by atoms with E-state index in [1.807, 2.05) is 0 Å². The first-order valence-electron chi connectivity index (χ1n) is 9.82. The molecular weight excluding hydrogens is 412 g/mol. The van der Waals surface area contributed by atoms with Crippen LogP contribution < -0.4 is 0 Å². The van der Waals surface area contributed by atoms with E-state index < -0.39 is 10.0 Å². The van der Waals surface area contributed by atoms with E-state index >= 15 is 0 Å². The number of hydrogen-bond acceptors (Lipinski definition) is 7. The predicted molar refractivity (Wildman–Crippen MR) is 109 cm³/mol. The third kappa shape index (κ3) is 4.40. The van der Waals surface area contributed by atoms with Crippen LogP contribution in [0, 0.1) is 13.8 Å². The molecule has 0 N–H and O–H groups in total. The molecule has 0 spiro atoms. The van der Waals surface area contributed by atoms with Gasteiger partial charge in [0.05, 0.1) is 6.54 Å². The van der Waals surface area contributed by atoms with Crippen LogP contribution in [0.1, 0.15) is 29.9 Å². The van der Waals surface area contributed by atoms with Gasteiger partial charge in [0.2, 0.25) is 15.9 Å². The third-order valence-electron chi connectivity index (χ3n) is 5.52. The number of aryl methyl sites for hydroxylation is 2. The zero-order valence-corrected chi connectivity index (χ0v) is 18.3. The van der Waals surface area contributed by atoms with Crippen molar-refractivity contribution < 1.29 is 17.7 Å². The maximum absolute atomic E-state index is 12.9. The smallest absolute Gasteiger partial charge is 0.248 e. The van der Waals surface area contributed by atoms with Crippen LogP contribution in [-0.4, -0.2) is 72.4 Å². The fraction of sp³-hybridized carbons (Fsp3) is 0.579. The highest BCUT2D eigenvalue weighted by atomic mass is 32.2. The first-order valence-corrected chi connectivity index (χ1v) is 12.2. The van der Waals surface area contributed by atoms with Gasteiger partial charge in [-0.2, -0.15) is 15.6 Å². The summed E-state index contributed by atoms with van der Waals surface area (Å²) in [5.41, 5.74) is 1.61. The molecule has 0 radical (unpaired) electrons. The van der Waals surface area contributed by atoms with Crippen molar-refractivity contribution in [1.29, 1.82) is 0 Å². The van der Waals surface area contributed by atoms with Crippen LogP contribution in [0.3, 0.4) is 0 Å². The molecule has 2 aromatic heterocycles. The van der Waals surface area contributed by atoms with E-state index in [-0.39, 0.29) is 23.9 Å². The molecule has 0 unspecified atom stereocenters. The Morgan fingerprint density at radius 1 is 1.28 bits per heavy atom. The lowest BCUT2D eigenvalue weighted by atomic mass is 10.3. The maximum atomic E-state index is 12.9. The van der Waals surface area contributed by atoms with Crippen molar-refractivity contribution in [3.8, 4) is 0 Å². The maximum Gasteiger partial charge on any atom is 0.248 e. The molecular formula is C19H26N4O4S2. The molecule has 3 heterocycles. The number of piperazine rings is 1. The van der Waals surface area contributed by atoms with E-state index in [0.717, 1.165) is 19.4 Å². The average molecular weight is 439 g/mol. The van der Waals surface area contributed by atoms with Gasteiger partial charge in [0.15, 0.2) is 5.76 Å². The van der Waals surface area contributed by atoms with Crippen molar-refractivity contribution >= 4 is 27.3 Å². The number of carbonyl (C=O) groups excluding carboxylic acids is 1. The Kier molecular flexibility index (Phi) is 5.78. The second kappa shape index (κ2) is 8.17. The van der Waals surface area contributed by atoms with Crippen molar-refractivity contribution in [3.05, 3.63) is 33.8 Å². The lowest BCUT2D eigenvalue weighted by molar-refractivity contribution is -0.133. The lowest BCUT2D eigenvalue weighted by Crippen LogP contribution is -2.52. The summed E-state index contributed by atoms with van der Waals surface area (Å²) in [5, 5.41) is 7.94. The highest BCUT2D eigenvalue weighted by Crippen LogP contribution is 2.29. The summed E-state index contributed by atoms with van der Waals surface area (Å²) in [4.78, 5) is 17.0. The minimum absolute atomic E-state index is 0.0708. The Hall–Kier alpha value is -1.75. The minimum Gasteiger partial charge on any atom is -0.360 e. The van der Waals surface area contributed by atoms with Gasteiger partial charge in [0.1, 0.15) is 10.6 Å². The third-order valence-corrected chi connectivity index (χ3v) is 8.40. The van der Waals surface area contributed by atoms with Gasteiger partial charge < -0.3 is 9.42 Å². The van der Waals surface area contributed by atoms with Crippen LogP contribution in [0.2, 0.25) is 0 Å². The van der Waals surface area contributed by atoms with Gasteiger partial charge >= 0.3 is 0 Å². The van der Waals surface area contributed by atoms with Gasteiger partial charge in [0, 0.05) is 38.8 Å². The van der Waals surface area contributed by atoms with Crippen LogP contribution in [-0.2, 0) is 21.4 Å². The SMILES string of the molecule is Cc1noc(C)c1S(=O)(=O)N1CCN(C(=O)CN(Cc2ccsc2)C2CC2)CC1. The number of amides is 1. The van der Waals surface area contributed by atoms with E-state index in [4.69, 9.17) is 4.52 Å². The number of carbonyl (C=O) groups is 1. The highest BCUT2D eigenvalue weighted by Gasteiger charge is 2.36. The first-order chi connectivity index (χ1) is 13.9. The topological polar surface area (TPSA) is 87.0 Å². The average Bonchev–Trinajstić information content (AvgIpc) is 3.31. The molecule has 0 atom stereocenters. The Labute approximate surface area is 175 Å². The molecule has 10 heteroatoms. The molecule has 29 heavy (non-hydrogen) atoms. The van der Waals surface area contributed by atoms with Crippen LogP contribution in [0.25, 0.3) is 0 Å². The normalized spacial score (nSPS) is 18.5. The monoisotopic (exact) mass is 438 g/mol. The summed E-state index contributed by atoms with van der Waals surface area (Å²) in [7, 11) is -3.66. The second-order valence-corrected chi connectivity index (χ2v) is 10.4. The number of hydrogen-bond donors (Lipinski definition) is 0. The molecule has 2 fully saturated rings. The first kappa shape index (κ1) is 20.5. The summed E-state index contributed by atoms with van der Waals surface area (Å²) >= 11 is 1.67. The van der Waals surface area contributed by atoms with Gasteiger partial charge in [-0.1, -0.05) is 5.16 Å². The Morgan fingerprint density at radius 3 is 2.55 bits per heavy atom. The van der Waals surface area contributed by atoms with Crippen LogP contribution in [0.15, 0.2) is 26.2 Å². The van der Waals surface area contributed by atoms with E-state index in [9.17, 15) is 13.2 Å². The summed E-state index contributed by atoms with van der Waals surface area (Å²) < 4.78 is 32.3. The summed E-state index contributed by atoms with van der Waals surface area (Å²) in [6.45, 7) is 5.78. The molecule has 8 nitrogen and oxygen atoms in total. The molecule has 4 rings (SSSR count). The predicted octanol–water partition coefficient (Wildman–Crippen LogP) is 1.85. The van der Waals surface area contributed by atoms with Gasteiger partial charge in [-0.25, -0.2) is 8.42 Å². The molecule has 158 valence electrons. The van der Waals surface area contributed by atoms with Crippen molar-refractivity contribution in [2.75, 3.05) is 32.7 Å². The van der Waals surface area contributed by atoms with Crippen molar-refractivity contribution in [2.45, 2.75) is 44.2 Å². The van der Waals surface area contributed by atoms with E-state index in [2.05, 4.69) is 26.9 Å². The van der Waals surface area contributed by atoms with Gasteiger partial charge in [0.25, 0.3) is 0 Å². The number of sulfonamides is 1. The highest BCUT2D eigenvalue weighted by molar-refractivity contribution is 7.89. The molecule has 0 aromatic carbocycles. The Balaban J connectivity index is 1.36. The molecule has 1 amide bonds. The number of nitrogens with zero attached hydrogens (tertiary/aromatic N) is 4. The fourth-order valence-electron chi connectivity index (χ4n) is 3.79. The van der Waals surface area contributed by atoms with E-state index in [1.54, 1.807) is 30.1 Å². The quantitative estimate of drug-likeness (QED) is 0.656. The van der Waals surface area contributed by atoms with E-state index in [0.29, 0.717) is 37.1 Å². The standard InChI is InChI=1S/C19H26N4O4S2/c1-14-19(15(2)27-20-14)29(25,26)23-8-6-21(7-9-23)18(24)12-22(17-3-4-17)11-16-5-10-28-13-16/h5,10,13,17H,3-4,6-9,11-12H2,1-2H3. The molecule has 1 aliphatic carbocycles. The van der Waals surface area contributed by atoms with E-state index in [1.165, 1.54) is 9.87 Å². The van der Waals surface area contributed by atoms with Gasteiger partial charge in [-0.3, -0.25) is 9.69 Å². The molecule has 1 saturated carbocycles. The van der Waals surface area contributed by atoms with Gasteiger partial charge in [-0.15, -0.1) is 0 Å². The summed E-state index contributed by atoms with van der Waals surface area (Å²) in [6, 6.07) is 2.59. The molecule has 0 bridgehead atoms. The van der Waals surface area contributed by atoms with Crippen LogP contribution >= 0.6 is 11.3 Å². The Morgan fingerprint density at radius 2 is 2.00 bits per heavy atom. The zero-order chi connectivity index (χ0) is 20.6. The second-order valence-electron chi connectivity index (χ2n) is 7.71. The molecule has 2 aromatic rings.